The number of hydrogen-bond donors (Lipinski definition) is 2. The zero-order chi connectivity index (χ0) is 32.5. The molecule has 1 saturated carbocycles. The number of aromatic nitrogens is 3. The van der Waals surface area contributed by atoms with Gasteiger partial charge in [-0.3, -0.25) is 9.59 Å². The number of nitrogens with zero attached hydrogens (tertiary/aromatic N) is 3. The third-order valence-electron chi connectivity index (χ3n) is 9.01. The Hall–Kier alpha value is -4.67. The summed E-state index contributed by atoms with van der Waals surface area (Å²) in [7, 11) is 3.68. The average molecular weight is 626 g/mol. The zero-order valence-corrected chi connectivity index (χ0v) is 26.4. The normalized spacial score (nSPS) is 16.9. The third kappa shape index (κ3) is 5.98. The van der Waals surface area contributed by atoms with E-state index in [1.807, 2.05) is 43.7 Å². The van der Waals surface area contributed by atoms with Crippen LogP contribution in [0.25, 0.3) is 27.7 Å². The fraction of sp³-hybridized carbons (Fsp3) is 0.306. The molecule has 2 aromatic carbocycles. The summed E-state index contributed by atoms with van der Waals surface area (Å²) >= 11 is 0. The molecule has 6 rings (SSSR count). The van der Waals surface area contributed by atoms with Crippen LogP contribution in [0.2, 0.25) is 0 Å². The number of imidazole rings is 1. The molecule has 0 unspecified atom stereocenters. The number of ether oxygens (including phenoxy) is 1. The van der Waals surface area contributed by atoms with Crippen LogP contribution in [0.1, 0.15) is 52.9 Å². The molecule has 0 spiro atoms. The zero-order valence-electron chi connectivity index (χ0n) is 26.4. The van der Waals surface area contributed by atoms with Crippen molar-refractivity contribution in [1.29, 1.82) is 0 Å². The van der Waals surface area contributed by atoms with Crippen molar-refractivity contribution >= 4 is 33.9 Å². The van der Waals surface area contributed by atoms with E-state index in [-0.39, 0.29) is 11.3 Å². The molecule has 46 heavy (non-hydrogen) atoms. The SMILES string of the molecule is COC1CCC(NC/C=C/C(=O)Nc2c(F)cc(C(=O)c3ccc4c(-c5c(C)cc6c(ncn6C)c5C)cccn34)cc2F)CC1. The van der Waals surface area contributed by atoms with Crippen LogP contribution in [-0.2, 0) is 16.6 Å². The second-order valence-corrected chi connectivity index (χ2v) is 12.0. The van der Waals surface area contributed by atoms with Gasteiger partial charge in [-0.2, -0.15) is 0 Å². The van der Waals surface area contributed by atoms with E-state index in [1.54, 1.807) is 36.2 Å². The fourth-order valence-corrected chi connectivity index (χ4v) is 6.58. The predicted molar refractivity (Wildman–Crippen MR) is 175 cm³/mol. The maximum atomic E-state index is 15.1. The second-order valence-electron chi connectivity index (χ2n) is 12.0. The van der Waals surface area contributed by atoms with E-state index in [1.165, 1.54) is 6.08 Å². The van der Waals surface area contributed by atoms with Gasteiger partial charge in [-0.25, -0.2) is 13.8 Å². The van der Waals surface area contributed by atoms with Crippen LogP contribution in [0, 0.1) is 25.5 Å². The molecule has 1 fully saturated rings. The number of benzene rings is 2. The van der Waals surface area contributed by atoms with E-state index in [0.717, 1.165) is 76.6 Å². The van der Waals surface area contributed by atoms with E-state index in [9.17, 15) is 9.59 Å². The Kier molecular flexibility index (Phi) is 8.84. The van der Waals surface area contributed by atoms with Crippen LogP contribution in [-0.4, -0.2) is 51.4 Å². The number of pyridine rings is 1. The Balaban J connectivity index is 1.18. The topological polar surface area (TPSA) is 89.7 Å². The Morgan fingerprint density at radius 2 is 1.78 bits per heavy atom. The van der Waals surface area contributed by atoms with Crippen LogP contribution >= 0.6 is 0 Å². The first-order valence-electron chi connectivity index (χ1n) is 15.4. The van der Waals surface area contributed by atoms with E-state index in [2.05, 4.69) is 21.7 Å². The minimum Gasteiger partial charge on any atom is -0.381 e. The third-order valence-corrected chi connectivity index (χ3v) is 9.01. The summed E-state index contributed by atoms with van der Waals surface area (Å²) in [6, 6.07) is 11.7. The minimum atomic E-state index is -1.03. The Bertz CT molecular complexity index is 1960. The molecule has 3 heterocycles. The van der Waals surface area contributed by atoms with Crippen molar-refractivity contribution < 1.29 is 23.1 Å². The molecule has 0 bridgehead atoms. The quantitative estimate of drug-likeness (QED) is 0.141. The lowest BCUT2D eigenvalue weighted by molar-refractivity contribution is -0.112. The van der Waals surface area contributed by atoms with Gasteiger partial charge in [0, 0.05) is 50.1 Å². The van der Waals surface area contributed by atoms with Crippen molar-refractivity contribution in [3.05, 3.63) is 101 Å². The van der Waals surface area contributed by atoms with Gasteiger partial charge in [0.25, 0.3) is 0 Å². The molecule has 5 aromatic rings. The monoisotopic (exact) mass is 625 g/mol. The lowest BCUT2D eigenvalue weighted by Gasteiger charge is -2.27. The summed E-state index contributed by atoms with van der Waals surface area (Å²) in [5, 5.41) is 5.63. The molecule has 0 saturated heterocycles. The number of nitrogens with one attached hydrogen (secondary N) is 2. The van der Waals surface area contributed by atoms with E-state index < -0.39 is 29.0 Å². The Morgan fingerprint density at radius 3 is 2.50 bits per heavy atom. The van der Waals surface area contributed by atoms with Crippen LogP contribution in [0.4, 0.5) is 14.5 Å². The summed E-state index contributed by atoms with van der Waals surface area (Å²) in [6.45, 7) is 4.53. The molecular formula is C36H37F2N5O3. The van der Waals surface area contributed by atoms with Gasteiger partial charge in [-0.15, -0.1) is 0 Å². The molecular weight excluding hydrogens is 588 g/mol. The van der Waals surface area contributed by atoms with E-state index in [0.29, 0.717) is 18.7 Å². The lowest BCUT2D eigenvalue weighted by atomic mass is 9.93. The number of aryl methyl sites for hydroxylation is 3. The summed E-state index contributed by atoms with van der Waals surface area (Å²) in [5.74, 6) is -3.28. The number of methoxy groups -OCH3 is 1. The number of hydrogen-bond acceptors (Lipinski definition) is 5. The Morgan fingerprint density at radius 1 is 1.04 bits per heavy atom. The van der Waals surface area contributed by atoms with Crippen molar-refractivity contribution in [2.45, 2.75) is 51.7 Å². The van der Waals surface area contributed by atoms with Crippen molar-refractivity contribution in [3.63, 3.8) is 0 Å². The summed E-state index contributed by atoms with van der Waals surface area (Å²) in [5.41, 5.74) is 6.23. The molecule has 1 aliphatic rings. The molecule has 0 aliphatic heterocycles. The number of carbonyl (C=O) groups excluding carboxylic acids is 2. The first-order valence-corrected chi connectivity index (χ1v) is 15.4. The molecule has 238 valence electrons. The molecule has 2 N–H and O–H groups in total. The van der Waals surface area contributed by atoms with Gasteiger partial charge >= 0.3 is 0 Å². The number of ketones is 1. The maximum absolute atomic E-state index is 15.1. The van der Waals surface area contributed by atoms with Crippen molar-refractivity contribution in [2.75, 3.05) is 19.0 Å². The highest BCUT2D eigenvalue weighted by atomic mass is 19.1. The van der Waals surface area contributed by atoms with Gasteiger partial charge in [-0.1, -0.05) is 12.1 Å². The highest BCUT2D eigenvalue weighted by molar-refractivity contribution is 6.09. The number of anilines is 1. The summed E-state index contributed by atoms with van der Waals surface area (Å²) in [6.07, 6.45) is 10.6. The molecule has 1 amide bonds. The number of rotatable bonds is 9. The molecule has 8 nitrogen and oxygen atoms in total. The predicted octanol–water partition coefficient (Wildman–Crippen LogP) is 6.66. The number of carbonyl (C=O) groups is 2. The average Bonchev–Trinajstić information content (AvgIpc) is 3.65. The largest absolute Gasteiger partial charge is 0.381 e. The van der Waals surface area contributed by atoms with Crippen LogP contribution < -0.4 is 10.6 Å². The van der Waals surface area contributed by atoms with E-state index in [4.69, 9.17) is 4.74 Å². The van der Waals surface area contributed by atoms with Crippen LogP contribution in [0.3, 0.4) is 0 Å². The second kappa shape index (κ2) is 13.0. The van der Waals surface area contributed by atoms with Gasteiger partial charge in [0.1, 0.15) is 17.3 Å². The van der Waals surface area contributed by atoms with Gasteiger partial charge in [0.05, 0.1) is 34.7 Å². The lowest BCUT2D eigenvalue weighted by Crippen LogP contribution is -2.35. The van der Waals surface area contributed by atoms with Crippen molar-refractivity contribution in [1.82, 2.24) is 19.3 Å². The highest BCUT2D eigenvalue weighted by Gasteiger charge is 2.22. The Labute approximate surface area is 266 Å². The van der Waals surface area contributed by atoms with Gasteiger partial charge in [-0.05, 0) is 92.6 Å². The van der Waals surface area contributed by atoms with Crippen molar-refractivity contribution in [3.8, 4) is 11.1 Å². The summed E-state index contributed by atoms with van der Waals surface area (Å²) in [4.78, 5) is 30.6. The van der Waals surface area contributed by atoms with Gasteiger partial charge < -0.3 is 24.3 Å². The number of amides is 1. The van der Waals surface area contributed by atoms with Crippen LogP contribution in [0.15, 0.2) is 67.1 Å². The number of fused-ring (bicyclic) bond motifs is 2. The first-order chi connectivity index (χ1) is 22.2. The molecule has 0 radical (unpaired) electrons. The summed E-state index contributed by atoms with van der Waals surface area (Å²) < 4.78 is 39.3. The fourth-order valence-electron chi connectivity index (χ4n) is 6.58. The number of halogens is 2. The minimum absolute atomic E-state index is 0.163. The molecule has 1 aliphatic carbocycles. The molecule has 3 aromatic heterocycles. The first kappa shape index (κ1) is 31.3. The van der Waals surface area contributed by atoms with Gasteiger partial charge in [0.15, 0.2) is 0 Å². The molecule has 10 heteroatoms. The van der Waals surface area contributed by atoms with Crippen LogP contribution in [0.5, 0.6) is 0 Å². The standard InChI is InChI=1S/C36H37F2N5O3/c1-21-17-31-34(40-20-42(31)3)22(2)33(21)26-7-6-16-43-29(26)13-14-30(43)36(45)23-18-27(37)35(28(38)19-23)41-32(44)8-5-15-39-24-9-11-25(46-4)12-10-24/h5-8,13-14,16-20,24-25,39H,9-12,15H2,1-4H3,(H,41,44)/b8-5+. The molecule has 0 atom stereocenters. The van der Waals surface area contributed by atoms with E-state index >= 15 is 8.78 Å². The maximum Gasteiger partial charge on any atom is 0.248 e. The highest BCUT2D eigenvalue weighted by Crippen LogP contribution is 2.36. The van der Waals surface area contributed by atoms with Gasteiger partial charge in [0.2, 0.25) is 11.7 Å². The smallest absolute Gasteiger partial charge is 0.248 e. The van der Waals surface area contributed by atoms with Crippen molar-refractivity contribution in [2.24, 2.45) is 7.05 Å².